The molecule has 1 aromatic carbocycles. The van der Waals surface area contributed by atoms with Crippen LogP contribution >= 0.6 is 0 Å². The molecule has 0 saturated heterocycles. The molecule has 0 aliphatic carbocycles. The number of Topliss-reactive ketones (excluding diaryl/α,β-unsaturated/α-hetero) is 1. The fraction of sp³-hybridized carbons (Fsp3) is 0.619. The number of ketones is 1. The molecular weight excluding hydrogens is 350 g/mol. The van der Waals surface area contributed by atoms with Crippen molar-refractivity contribution in [3.63, 3.8) is 0 Å². The van der Waals surface area contributed by atoms with Crippen molar-refractivity contribution in [1.29, 1.82) is 0 Å². The lowest BCUT2D eigenvalue weighted by molar-refractivity contribution is -0.120. The molecule has 6 heteroatoms. The third-order valence-corrected chi connectivity index (χ3v) is 4.17. The first-order valence-electron chi connectivity index (χ1n) is 9.35. The lowest BCUT2D eigenvalue weighted by Gasteiger charge is -2.25. The third kappa shape index (κ3) is 6.01. The zero-order chi connectivity index (χ0) is 20.4. The smallest absolute Gasteiger partial charge is 0.387 e. The van der Waals surface area contributed by atoms with Crippen molar-refractivity contribution in [2.24, 2.45) is 5.41 Å². The van der Waals surface area contributed by atoms with Crippen LogP contribution < -0.4 is 4.74 Å². The number of aromatic nitrogens is 2. The molecule has 0 amide bonds. The molecule has 2 rings (SSSR count). The van der Waals surface area contributed by atoms with E-state index in [4.69, 9.17) is 0 Å². The van der Waals surface area contributed by atoms with Crippen molar-refractivity contribution in [1.82, 2.24) is 9.55 Å². The van der Waals surface area contributed by atoms with Crippen LogP contribution in [0.5, 0.6) is 5.75 Å². The van der Waals surface area contributed by atoms with Gasteiger partial charge < -0.3 is 9.30 Å². The molecule has 2 aromatic rings. The zero-order valence-corrected chi connectivity index (χ0v) is 17.1. The van der Waals surface area contributed by atoms with Crippen LogP contribution in [0.1, 0.15) is 66.6 Å². The van der Waals surface area contributed by atoms with Gasteiger partial charge in [-0.3, -0.25) is 4.79 Å². The van der Waals surface area contributed by atoms with E-state index in [0.29, 0.717) is 25.7 Å². The number of carbonyl (C=O) groups excluding carboxylic acids is 1. The molecule has 1 aromatic heterocycles. The summed E-state index contributed by atoms with van der Waals surface area (Å²) in [5, 5.41) is 0. The second-order valence-electron chi connectivity index (χ2n) is 9.19. The Morgan fingerprint density at radius 2 is 1.85 bits per heavy atom. The van der Waals surface area contributed by atoms with Crippen LogP contribution in [0.4, 0.5) is 8.78 Å². The highest BCUT2D eigenvalue weighted by molar-refractivity contribution is 5.79. The Bertz CT molecular complexity index is 799. The van der Waals surface area contributed by atoms with Gasteiger partial charge in [-0.25, -0.2) is 4.98 Å². The van der Waals surface area contributed by atoms with E-state index in [1.165, 1.54) is 6.07 Å². The molecule has 0 aliphatic rings. The highest BCUT2D eigenvalue weighted by Crippen LogP contribution is 2.29. The van der Waals surface area contributed by atoms with E-state index < -0.39 is 6.61 Å². The Morgan fingerprint density at radius 1 is 1.19 bits per heavy atom. The maximum atomic E-state index is 12.5. The number of aryl methyl sites for hydroxylation is 1. The van der Waals surface area contributed by atoms with E-state index in [0.717, 1.165) is 16.9 Å². The van der Waals surface area contributed by atoms with Crippen LogP contribution in [-0.4, -0.2) is 21.9 Å². The molecule has 0 aliphatic heterocycles. The van der Waals surface area contributed by atoms with Gasteiger partial charge in [0.1, 0.15) is 17.4 Å². The van der Waals surface area contributed by atoms with Gasteiger partial charge in [0.15, 0.2) is 0 Å². The van der Waals surface area contributed by atoms with Crippen molar-refractivity contribution < 1.29 is 18.3 Å². The summed E-state index contributed by atoms with van der Waals surface area (Å²) in [5.74, 6) is 1.23. The van der Waals surface area contributed by atoms with Crippen LogP contribution in [-0.2, 0) is 16.8 Å². The molecule has 0 unspecified atom stereocenters. The molecule has 0 radical (unpaired) electrons. The topological polar surface area (TPSA) is 44.1 Å². The van der Waals surface area contributed by atoms with Crippen LogP contribution in [0, 0.1) is 5.41 Å². The second kappa shape index (κ2) is 7.95. The van der Waals surface area contributed by atoms with Gasteiger partial charge in [-0.1, -0.05) is 20.8 Å². The average molecular weight is 380 g/mol. The minimum absolute atomic E-state index is 0.00323. The highest BCUT2D eigenvalue weighted by atomic mass is 19.3. The van der Waals surface area contributed by atoms with Crippen LogP contribution in [0.15, 0.2) is 18.2 Å². The first-order chi connectivity index (χ1) is 12.4. The molecule has 0 atom stereocenters. The summed E-state index contributed by atoms with van der Waals surface area (Å²) >= 11 is 0. The summed E-state index contributed by atoms with van der Waals surface area (Å²) in [4.78, 5) is 16.8. The minimum atomic E-state index is -2.86. The largest absolute Gasteiger partial charge is 0.435 e. The Labute approximate surface area is 159 Å². The van der Waals surface area contributed by atoms with Gasteiger partial charge in [0.2, 0.25) is 0 Å². The zero-order valence-electron chi connectivity index (χ0n) is 17.1. The number of hydrogen-bond donors (Lipinski definition) is 0. The SMILES string of the molecule is CC(C)(C)CC(=O)CCCc1nc2ccc(OC(F)F)cc2n1C(C)(C)C. The number of benzene rings is 1. The third-order valence-electron chi connectivity index (χ3n) is 4.17. The van der Waals surface area contributed by atoms with Gasteiger partial charge in [0.05, 0.1) is 11.0 Å². The number of alkyl halides is 2. The highest BCUT2D eigenvalue weighted by Gasteiger charge is 2.22. The molecule has 0 fully saturated rings. The van der Waals surface area contributed by atoms with Gasteiger partial charge in [0, 0.05) is 30.9 Å². The van der Waals surface area contributed by atoms with E-state index in [9.17, 15) is 13.6 Å². The Kier molecular flexibility index (Phi) is 6.28. The fourth-order valence-corrected chi connectivity index (χ4v) is 3.32. The Morgan fingerprint density at radius 3 is 2.41 bits per heavy atom. The van der Waals surface area contributed by atoms with Gasteiger partial charge in [-0.05, 0) is 44.7 Å². The molecule has 1 heterocycles. The maximum Gasteiger partial charge on any atom is 0.387 e. The van der Waals surface area contributed by atoms with E-state index in [1.807, 2.05) is 20.8 Å². The number of ether oxygens (including phenoxy) is 1. The predicted octanol–water partition coefficient (Wildman–Crippen LogP) is 5.72. The standard InChI is InChI=1S/C21H30F2N2O2/c1-20(2,3)13-14(26)8-7-9-18-24-16-11-10-15(27-19(22)23)12-17(16)25(18)21(4,5)6/h10-12,19H,7-9,13H2,1-6H3. The van der Waals surface area contributed by atoms with E-state index >= 15 is 0 Å². The summed E-state index contributed by atoms with van der Waals surface area (Å²) in [7, 11) is 0. The van der Waals surface area contributed by atoms with Gasteiger partial charge in [0.25, 0.3) is 0 Å². The molecule has 27 heavy (non-hydrogen) atoms. The molecular formula is C21H30F2N2O2. The second-order valence-corrected chi connectivity index (χ2v) is 9.19. The van der Waals surface area contributed by atoms with Crippen molar-refractivity contribution in [3.8, 4) is 5.75 Å². The lowest BCUT2D eigenvalue weighted by Crippen LogP contribution is -2.24. The van der Waals surface area contributed by atoms with Gasteiger partial charge in [-0.2, -0.15) is 8.78 Å². The van der Waals surface area contributed by atoms with E-state index in [2.05, 4.69) is 35.1 Å². The van der Waals surface area contributed by atoms with E-state index in [1.54, 1.807) is 12.1 Å². The van der Waals surface area contributed by atoms with E-state index in [-0.39, 0.29) is 22.5 Å². The van der Waals surface area contributed by atoms with Crippen molar-refractivity contribution in [3.05, 3.63) is 24.0 Å². The summed E-state index contributed by atoms with van der Waals surface area (Å²) in [5.41, 5.74) is 1.22. The summed E-state index contributed by atoms with van der Waals surface area (Å²) < 4.78 is 31.7. The molecule has 150 valence electrons. The molecule has 0 spiro atoms. The van der Waals surface area contributed by atoms with Crippen LogP contribution in [0.3, 0.4) is 0 Å². The lowest BCUT2D eigenvalue weighted by atomic mass is 9.88. The fourth-order valence-electron chi connectivity index (χ4n) is 3.32. The number of rotatable bonds is 7. The number of halogens is 2. The number of hydrogen-bond acceptors (Lipinski definition) is 3. The monoisotopic (exact) mass is 380 g/mol. The molecule has 0 saturated carbocycles. The van der Waals surface area contributed by atoms with Gasteiger partial charge >= 0.3 is 6.61 Å². The normalized spacial score (nSPS) is 12.8. The van der Waals surface area contributed by atoms with Crippen molar-refractivity contribution in [2.75, 3.05) is 0 Å². The van der Waals surface area contributed by atoms with Crippen LogP contribution in [0.25, 0.3) is 11.0 Å². The van der Waals surface area contributed by atoms with Crippen LogP contribution in [0.2, 0.25) is 0 Å². The summed E-state index contributed by atoms with van der Waals surface area (Å²) in [6.45, 7) is 9.45. The van der Waals surface area contributed by atoms with Crippen molar-refractivity contribution >= 4 is 16.8 Å². The first kappa shape index (κ1) is 21.3. The summed E-state index contributed by atoms with van der Waals surface area (Å²) in [6, 6.07) is 4.81. The summed E-state index contributed by atoms with van der Waals surface area (Å²) in [6.07, 6.45) is 2.46. The number of fused-ring (bicyclic) bond motifs is 1. The number of imidazole rings is 1. The Hall–Kier alpha value is -1.98. The van der Waals surface area contributed by atoms with Crippen molar-refractivity contribution in [2.45, 2.75) is 79.4 Å². The Balaban J connectivity index is 2.24. The molecule has 4 nitrogen and oxygen atoms in total. The molecule has 0 N–H and O–H groups in total. The maximum absolute atomic E-state index is 12.5. The quantitative estimate of drug-likeness (QED) is 0.617. The first-order valence-corrected chi connectivity index (χ1v) is 9.35. The predicted molar refractivity (Wildman–Crippen MR) is 103 cm³/mol. The number of carbonyl (C=O) groups is 1. The van der Waals surface area contributed by atoms with Gasteiger partial charge in [-0.15, -0.1) is 0 Å². The number of nitrogens with zero attached hydrogens (tertiary/aromatic N) is 2. The minimum Gasteiger partial charge on any atom is -0.435 e. The molecule has 0 bridgehead atoms. The average Bonchev–Trinajstić information content (AvgIpc) is 2.82.